The van der Waals surface area contributed by atoms with Gasteiger partial charge in [-0.25, -0.2) is 9.97 Å². The van der Waals surface area contributed by atoms with E-state index in [1.165, 1.54) is 6.08 Å². The van der Waals surface area contributed by atoms with Crippen LogP contribution in [0.25, 0.3) is 33.0 Å². The second-order valence-electron chi connectivity index (χ2n) is 7.31. The molecule has 0 saturated carbocycles. The van der Waals surface area contributed by atoms with Gasteiger partial charge in [0.1, 0.15) is 12.1 Å². The van der Waals surface area contributed by atoms with Gasteiger partial charge in [0.25, 0.3) is 0 Å². The lowest BCUT2D eigenvalue weighted by Gasteiger charge is -2.35. The van der Waals surface area contributed by atoms with Gasteiger partial charge in [-0.3, -0.25) is 4.79 Å². The highest BCUT2D eigenvalue weighted by Crippen LogP contribution is 2.39. The standard InChI is InChI=1S/C22H19ClN6O2/c1-2-19(30)28-6-8-29(9-7-28)22-15-10-16(23)14(11-17(15)25-12-26-22)13-4-3-5-18-20(13)21(24)27-31-18/h2-5,10-12H,1,6-9H2,(H2,24,27). The topological polar surface area (TPSA) is 101 Å². The van der Waals surface area contributed by atoms with Crippen molar-refractivity contribution in [2.45, 2.75) is 0 Å². The maximum absolute atomic E-state index is 11.9. The smallest absolute Gasteiger partial charge is 0.246 e. The van der Waals surface area contributed by atoms with Crippen molar-refractivity contribution in [3.8, 4) is 11.1 Å². The number of rotatable bonds is 3. The van der Waals surface area contributed by atoms with Gasteiger partial charge in [-0.15, -0.1) is 0 Å². The summed E-state index contributed by atoms with van der Waals surface area (Å²) < 4.78 is 5.29. The predicted molar refractivity (Wildman–Crippen MR) is 121 cm³/mol. The number of hydrogen-bond acceptors (Lipinski definition) is 7. The summed E-state index contributed by atoms with van der Waals surface area (Å²) in [6.45, 7) is 6.11. The van der Waals surface area contributed by atoms with Gasteiger partial charge in [0.2, 0.25) is 5.91 Å². The van der Waals surface area contributed by atoms with E-state index in [1.54, 1.807) is 11.2 Å². The average molecular weight is 435 g/mol. The van der Waals surface area contributed by atoms with Crippen LogP contribution in [0.5, 0.6) is 0 Å². The molecular weight excluding hydrogens is 416 g/mol. The van der Waals surface area contributed by atoms with Gasteiger partial charge in [-0.1, -0.05) is 35.5 Å². The molecule has 3 heterocycles. The van der Waals surface area contributed by atoms with Crippen LogP contribution in [0.15, 0.2) is 53.8 Å². The average Bonchev–Trinajstić information content (AvgIpc) is 3.19. The summed E-state index contributed by atoms with van der Waals surface area (Å²) in [4.78, 5) is 24.8. The maximum atomic E-state index is 11.9. The number of benzene rings is 2. The second kappa shape index (κ2) is 7.55. The van der Waals surface area contributed by atoms with Crippen LogP contribution in [-0.2, 0) is 4.79 Å². The molecule has 1 aliphatic rings. The number of halogens is 1. The van der Waals surface area contributed by atoms with Crippen molar-refractivity contribution in [1.82, 2.24) is 20.0 Å². The fourth-order valence-electron chi connectivity index (χ4n) is 4.03. The lowest BCUT2D eigenvalue weighted by atomic mass is 10.00. The Bertz CT molecular complexity index is 1330. The number of nitrogens with two attached hydrogens (primary N) is 1. The summed E-state index contributed by atoms with van der Waals surface area (Å²) in [6.07, 6.45) is 2.89. The van der Waals surface area contributed by atoms with E-state index in [0.717, 1.165) is 33.2 Å². The van der Waals surface area contributed by atoms with E-state index in [4.69, 9.17) is 21.9 Å². The van der Waals surface area contributed by atoms with Gasteiger partial charge >= 0.3 is 0 Å². The molecule has 0 unspecified atom stereocenters. The lowest BCUT2D eigenvalue weighted by Crippen LogP contribution is -2.48. The van der Waals surface area contributed by atoms with Crippen molar-refractivity contribution in [1.29, 1.82) is 0 Å². The molecule has 0 atom stereocenters. The van der Waals surface area contributed by atoms with Crippen molar-refractivity contribution in [2.24, 2.45) is 0 Å². The molecule has 1 saturated heterocycles. The highest BCUT2D eigenvalue weighted by atomic mass is 35.5. The zero-order valence-corrected chi connectivity index (χ0v) is 17.3. The highest BCUT2D eigenvalue weighted by Gasteiger charge is 2.23. The van der Waals surface area contributed by atoms with E-state index >= 15 is 0 Å². The number of nitrogens with zero attached hydrogens (tertiary/aromatic N) is 5. The Morgan fingerprint density at radius 3 is 2.74 bits per heavy atom. The number of nitrogen functional groups attached to an aromatic ring is 1. The van der Waals surface area contributed by atoms with Crippen LogP contribution >= 0.6 is 11.6 Å². The van der Waals surface area contributed by atoms with Crippen molar-refractivity contribution in [2.75, 3.05) is 36.8 Å². The van der Waals surface area contributed by atoms with Crippen LogP contribution in [0.1, 0.15) is 0 Å². The van der Waals surface area contributed by atoms with Gasteiger partial charge in [0.05, 0.1) is 10.9 Å². The zero-order valence-electron chi connectivity index (χ0n) is 16.6. The first-order valence-electron chi connectivity index (χ1n) is 9.81. The molecule has 0 spiro atoms. The molecule has 9 heteroatoms. The minimum Gasteiger partial charge on any atom is -0.380 e. The molecule has 0 radical (unpaired) electrons. The van der Waals surface area contributed by atoms with Gasteiger partial charge < -0.3 is 20.1 Å². The van der Waals surface area contributed by atoms with Crippen LogP contribution < -0.4 is 10.6 Å². The van der Waals surface area contributed by atoms with Gasteiger partial charge in [-0.2, -0.15) is 0 Å². The molecule has 4 aromatic rings. The molecule has 1 amide bonds. The molecule has 2 N–H and O–H groups in total. The minimum absolute atomic E-state index is 0.0536. The summed E-state index contributed by atoms with van der Waals surface area (Å²) in [5.74, 6) is 1.06. The molecule has 0 bridgehead atoms. The molecule has 1 aliphatic heterocycles. The Kier molecular flexibility index (Phi) is 4.71. The Hall–Kier alpha value is -3.65. The molecule has 1 fully saturated rings. The van der Waals surface area contributed by atoms with Crippen LogP contribution in [-0.4, -0.2) is 52.1 Å². The third kappa shape index (κ3) is 3.25. The Balaban J connectivity index is 1.56. The molecule has 8 nitrogen and oxygen atoms in total. The molecule has 31 heavy (non-hydrogen) atoms. The van der Waals surface area contributed by atoms with Gasteiger partial charge in [-0.05, 0) is 29.8 Å². The van der Waals surface area contributed by atoms with Crippen LogP contribution in [0.3, 0.4) is 0 Å². The van der Waals surface area contributed by atoms with E-state index in [-0.39, 0.29) is 5.91 Å². The van der Waals surface area contributed by atoms with E-state index in [0.29, 0.717) is 42.6 Å². The summed E-state index contributed by atoms with van der Waals surface area (Å²) >= 11 is 6.72. The number of piperazine rings is 1. The number of aromatic nitrogens is 3. The third-order valence-corrected chi connectivity index (χ3v) is 5.90. The monoisotopic (exact) mass is 434 g/mol. The second-order valence-corrected chi connectivity index (χ2v) is 7.72. The van der Waals surface area contributed by atoms with Crippen LogP contribution in [0, 0.1) is 0 Å². The Morgan fingerprint density at radius 2 is 1.97 bits per heavy atom. The van der Waals surface area contributed by atoms with E-state index in [9.17, 15) is 4.79 Å². The minimum atomic E-state index is -0.0536. The lowest BCUT2D eigenvalue weighted by molar-refractivity contribution is -0.126. The number of amides is 1. The quantitative estimate of drug-likeness (QED) is 0.492. The van der Waals surface area contributed by atoms with Crippen LogP contribution in [0.2, 0.25) is 5.02 Å². The van der Waals surface area contributed by atoms with E-state index in [1.807, 2.05) is 30.3 Å². The largest absolute Gasteiger partial charge is 0.380 e. The SMILES string of the molecule is C=CC(=O)N1CCN(c2ncnc3cc(-c4cccc5onc(N)c45)c(Cl)cc23)CC1. The number of anilines is 2. The van der Waals surface area contributed by atoms with Crippen LogP contribution in [0.4, 0.5) is 11.6 Å². The summed E-state index contributed by atoms with van der Waals surface area (Å²) in [5, 5.41) is 6.00. The van der Waals surface area contributed by atoms with Crippen molar-refractivity contribution < 1.29 is 9.32 Å². The first kappa shape index (κ1) is 19.3. The normalized spacial score (nSPS) is 14.4. The molecule has 5 rings (SSSR count). The Labute approximate surface area is 182 Å². The first-order chi connectivity index (χ1) is 15.1. The maximum Gasteiger partial charge on any atom is 0.246 e. The number of carbonyl (C=O) groups excluding carboxylic acids is 1. The van der Waals surface area contributed by atoms with E-state index < -0.39 is 0 Å². The molecule has 2 aromatic carbocycles. The number of carbonyl (C=O) groups is 1. The van der Waals surface area contributed by atoms with E-state index in [2.05, 4.69) is 26.6 Å². The summed E-state index contributed by atoms with van der Waals surface area (Å²) in [5.41, 5.74) is 9.02. The zero-order chi connectivity index (χ0) is 21.5. The Morgan fingerprint density at radius 1 is 1.16 bits per heavy atom. The predicted octanol–water partition coefficient (Wildman–Crippen LogP) is 3.51. The fourth-order valence-corrected chi connectivity index (χ4v) is 4.29. The van der Waals surface area contributed by atoms with Crippen molar-refractivity contribution in [3.63, 3.8) is 0 Å². The first-order valence-corrected chi connectivity index (χ1v) is 10.2. The molecule has 0 aliphatic carbocycles. The molecular formula is C22H19ClN6O2. The number of hydrogen-bond donors (Lipinski definition) is 1. The molecule has 156 valence electrons. The summed E-state index contributed by atoms with van der Waals surface area (Å²) in [6, 6.07) is 9.43. The third-order valence-electron chi connectivity index (χ3n) is 5.58. The van der Waals surface area contributed by atoms with Gasteiger partial charge in [0, 0.05) is 42.2 Å². The summed E-state index contributed by atoms with van der Waals surface area (Å²) in [7, 11) is 0. The van der Waals surface area contributed by atoms with Gasteiger partial charge in [0.15, 0.2) is 11.4 Å². The fraction of sp³-hybridized carbons (Fsp3) is 0.182. The van der Waals surface area contributed by atoms with Crippen molar-refractivity contribution in [3.05, 3.63) is 54.3 Å². The molecule has 2 aromatic heterocycles. The number of fused-ring (bicyclic) bond motifs is 2. The van der Waals surface area contributed by atoms with Crippen molar-refractivity contribution >= 4 is 51.0 Å². The highest BCUT2D eigenvalue weighted by molar-refractivity contribution is 6.35.